The van der Waals surface area contributed by atoms with E-state index in [2.05, 4.69) is 10.1 Å². The molecule has 29 heavy (non-hydrogen) atoms. The normalized spacial score (nSPS) is 16.8. The average molecular weight is 394 g/mol. The van der Waals surface area contributed by atoms with Crippen molar-refractivity contribution >= 4 is 11.7 Å². The molecule has 0 saturated carbocycles. The lowest BCUT2D eigenvalue weighted by Crippen LogP contribution is -2.46. The molecule has 1 aliphatic rings. The van der Waals surface area contributed by atoms with Crippen LogP contribution in [0.3, 0.4) is 0 Å². The summed E-state index contributed by atoms with van der Waals surface area (Å²) < 4.78 is 7.17. The molecule has 1 saturated heterocycles. The van der Waals surface area contributed by atoms with Gasteiger partial charge in [-0.05, 0) is 44.7 Å². The summed E-state index contributed by atoms with van der Waals surface area (Å²) in [7, 11) is 0. The SMILES string of the molecule is CC(C)(C)OC(=O)N1CCC(O)(c2ccc(-c3cnc4ccnn4c3)cc2)CC1. The van der Waals surface area contributed by atoms with Crippen LogP contribution in [0, 0.1) is 0 Å². The number of hydrogen-bond donors (Lipinski definition) is 1. The van der Waals surface area contributed by atoms with Gasteiger partial charge >= 0.3 is 6.09 Å². The fourth-order valence-corrected chi connectivity index (χ4v) is 3.61. The van der Waals surface area contributed by atoms with Gasteiger partial charge in [0.2, 0.25) is 0 Å². The molecule has 1 N–H and O–H groups in total. The number of aromatic nitrogens is 3. The molecule has 2 aromatic heterocycles. The second-order valence-electron chi connectivity index (χ2n) is 8.55. The van der Waals surface area contributed by atoms with Crippen molar-refractivity contribution in [2.45, 2.75) is 44.8 Å². The molecule has 7 nitrogen and oxygen atoms in total. The van der Waals surface area contributed by atoms with Crippen molar-refractivity contribution in [3.63, 3.8) is 0 Å². The Morgan fingerprint density at radius 2 is 1.79 bits per heavy atom. The fourth-order valence-electron chi connectivity index (χ4n) is 3.61. The van der Waals surface area contributed by atoms with Gasteiger partial charge in [-0.25, -0.2) is 14.3 Å². The Labute approximate surface area is 169 Å². The van der Waals surface area contributed by atoms with Crippen LogP contribution in [0.25, 0.3) is 16.8 Å². The van der Waals surface area contributed by atoms with E-state index in [0.717, 1.165) is 22.3 Å². The molecule has 152 valence electrons. The van der Waals surface area contributed by atoms with Crippen LogP contribution in [0.15, 0.2) is 48.9 Å². The molecule has 0 atom stereocenters. The van der Waals surface area contributed by atoms with E-state index in [-0.39, 0.29) is 6.09 Å². The standard InChI is InChI=1S/C22H26N4O3/c1-21(2,3)29-20(27)25-12-9-22(28,10-13-25)18-6-4-16(5-7-18)17-14-23-19-8-11-24-26(19)15-17/h4-8,11,14-15,28H,9-10,12-13H2,1-3H3. The Kier molecular flexibility index (Phi) is 4.78. The summed E-state index contributed by atoms with van der Waals surface area (Å²) in [6, 6.07) is 9.73. The van der Waals surface area contributed by atoms with Crippen molar-refractivity contribution < 1.29 is 14.6 Å². The first-order chi connectivity index (χ1) is 13.7. The lowest BCUT2D eigenvalue weighted by Gasteiger charge is -2.39. The highest BCUT2D eigenvalue weighted by atomic mass is 16.6. The van der Waals surface area contributed by atoms with Gasteiger partial charge in [0.05, 0.1) is 11.8 Å². The molecule has 1 aliphatic heterocycles. The molecular formula is C22H26N4O3. The second kappa shape index (κ2) is 7.15. The fraction of sp³-hybridized carbons (Fsp3) is 0.409. The number of amides is 1. The van der Waals surface area contributed by atoms with Gasteiger partial charge in [-0.1, -0.05) is 24.3 Å². The maximum absolute atomic E-state index is 12.2. The van der Waals surface area contributed by atoms with E-state index < -0.39 is 11.2 Å². The zero-order valence-electron chi connectivity index (χ0n) is 17.0. The first-order valence-corrected chi connectivity index (χ1v) is 9.84. The third kappa shape index (κ3) is 4.10. The highest BCUT2D eigenvalue weighted by Crippen LogP contribution is 2.34. The quantitative estimate of drug-likeness (QED) is 0.718. The van der Waals surface area contributed by atoms with Gasteiger partial charge in [0.1, 0.15) is 5.60 Å². The van der Waals surface area contributed by atoms with Gasteiger partial charge in [-0.2, -0.15) is 5.10 Å². The molecule has 1 fully saturated rings. The maximum Gasteiger partial charge on any atom is 0.410 e. The second-order valence-corrected chi connectivity index (χ2v) is 8.55. The lowest BCUT2D eigenvalue weighted by molar-refractivity contribution is -0.0356. The molecule has 0 aliphatic carbocycles. The monoisotopic (exact) mass is 394 g/mol. The maximum atomic E-state index is 12.2. The minimum absolute atomic E-state index is 0.323. The Balaban J connectivity index is 1.45. The Hall–Kier alpha value is -2.93. The van der Waals surface area contributed by atoms with Crippen LogP contribution in [-0.2, 0) is 10.3 Å². The van der Waals surface area contributed by atoms with Crippen LogP contribution in [0.1, 0.15) is 39.2 Å². The number of piperidine rings is 1. The minimum atomic E-state index is -0.943. The predicted octanol–water partition coefficient (Wildman–Crippen LogP) is 3.61. The van der Waals surface area contributed by atoms with Crippen LogP contribution in [-0.4, -0.2) is 49.4 Å². The number of carbonyl (C=O) groups excluding carboxylic acids is 1. The van der Waals surface area contributed by atoms with Crippen LogP contribution in [0.5, 0.6) is 0 Å². The summed E-state index contributed by atoms with van der Waals surface area (Å²) in [4.78, 5) is 18.3. The Morgan fingerprint density at radius 3 is 2.45 bits per heavy atom. The van der Waals surface area contributed by atoms with Gasteiger partial charge in [0.25, 0.3) is 0 Å². The van der Waals surface area contributed by atoms with E-state index >= 15 is 0 Å². The largest absolute Gasteiger partial charge is 0.444 e. The molecule has 3 heterocycles. The topological polar surface area (TPSA) is 80.0 Å². The molecule has 3 aromatic rings. The van der Waals surface area contributed by atoms with Gasteiger partial charge in [-0.3, -0.25) is 0 Å². The highest BCUT2D eigenvalue weighted by Gasteiger charge is 2.36. The first kappa shape index (κ1) is 19.4. The van der Waals surface area contributed by atoms with Gasteiger partial charge in [0.15, 0.2) is 5.65 Å². The third-order valence-corrected chi connectivity index (χ3v) is 5.24. The first-order valence-electron chi connectivity index (χ1n) is 9.84. The summed E-state index contributed by atoms with van der Waals surface area (Å²) >= 11 is 0. The molecular weight excluding hydrogens is 368 g/mol. The van der Waals surface area contributed by atoms with Crippen LogP contribution in [0.2, 0.25) is 0 Å². The third-order valence-electron chi connectivity index (χ3n) is 5.24. The summed E-state index contributed by atoms with van der Waals surface area (Å²) in [6.07, 6.45) is 6.11. The molecule has 1 aromatic carbocycles. The highest BCUT2D eigenvalue weighted by molar-refractivity contribution is 5.68. The predicted molar refractivity (Wildman–Crippen MR) is 109 cm³/mol. The van der Waals surface area contributed by atoms with E-state index in [1.54, 1.807) is 15.6 Å². The van der Waals surface area contributed by atoms with Gasteiger partial charge in [-0.15, -0.1) is 0 Å². The summed E-state index contributed by atoms with van der Waals surface area (Å²) in [6.45, 7) is 6.49. The molecule has 0 unspecified atom stereocenters. The van der Waals surface area contributed by atoms with Crippen molar-refractivity contribution in [2.24, 2.45) is 0 Å². The Morgan fingerprint density at radius 1 is 1.10 bits per heavy atom. The van der Waals surface area contributed by atoms with Crippen molar-refractivity contribution in [2.75, 3.05) is 13.1 Å². The van der Waals surface area contributed by atoms with Crippen molar-refractivity contribution in [1.82, 2.24) is 19.5 Å². The summed E-state index contributed by atoms with van der Waals surface area (Å²) in [5, 5.41) is 15.4. The van der Waals surface area contributed by atoms with Crippen LogP contribution < -0.4 is 0 Å². The lowest BCUT2D eigenvalue weighted by atomic mass is 9.84. The number of rotatable bonds is 2. The molecule has 0 spiro atoms. The van der Waals surface area contributed by atoms with Crippen molar-refractivity contribution in [3.8, 4) is 11.1 Å². The molecule has 1 amide bonds. The number of nitrogens with zero attached hydrogens (tertiary/aromatic N) is 4. The van der Waals surface area contributed by atoms with E-state index in [0.29, 0.717) is 25.9 Å². The number of carbonyl (C=O) groups is 1. The Bertz CT molecular complexity index is 1010. The number of benzene rings is 1. The number of likely N-dealkylation sites (tertiary alicyclic amines) is 1. The van der Waals surface area contributed by atoms with E-state index in [4.69, 9.17) is 4.74 Å². The molecule has 7 heteroatoms. The smallest absolute Gasteiger partial charge is 0.410 e. The van der Waals surface area contributed by atoms with E-state index in [1.807, 2.05) is 63.5 Å². The number of fused-ring (bicyclic) bond motifs is 1. The summed E-state index contributed by atoms with van der Waals surface area (Å²) in [5.74, 6) is 0. The van der Waals surface area contributed by atoms with Gasteiger partial charge < -0.3 is 14.7 Å². The molecule has 4 rings (SSSR count). The minimum Gasteiger partial charge on any atom is -0.444 e. The van der Waals surface area contributed by atoms with Crippen molar-refractivity contribution in [3.05, 3.63) is 54.5 Å². The van der Waals surface area contributed by atoms with Gasteiger partial charge in [0, 0.05) is 37.1 Å². The zero-order valence-corrected chi connectivity index (χ0v) is 17.0. The van der Waals surface area contributed by atoms with E-state index in [9.17, 15) is 9.90 Å². The number of aliphatic hydroxyl groups is 1. The number of hydrogen-bond acceptors (Lipinski definition) is 5. The zero-order chi connectivity index (χ0) is 20.6. The van der Waals surface area contributed by atoms with Crippen LogP contribution >= 0.6 is 0 Å². The van der Waals surface area contributed by atoms with Crippen LogP contribution in [0.4, 0.5) is 4.79 Å². The van der Waals surface area contributed by atoms with E-state index in [1.165, 1.54) is 0 Å². The summed E-state index contributed by atoms with van der Waals surface area (Å²) in [5.41, 5.74) is 2.17. The number of ether oxygens (including phenoxy) is 1. The van der Waals surface area contributed by atoms with Crippen molar-refractivity contribution in [1.29, 1.82) is 0 Å². The average Bonchev–Trinajstić information content (AvgIpc) is 3.15. The molecule has 0 radical (unpaired) electrons. The molecule has 0 bridgehead atoms.